The third kappa shape index (κ3) is 3.34. The van der Waals surface area contributed by atoms with Gasteiger partial charge in [0.05, 0.1) is 21.3 Å². The molecular formula is C24H28O8. The Morgan fingerprint density at radius 1 is 1.03 bits per heavy atom. The molecule has 1 aliphatic carbocycles. The van der Waals surface area contributed by atoms with Crippen LogP contribution in [0.1, 0.15) is 38.0 Å². The zero-order valence-corrected chi connectivity index (χ0v) is 19.1. The van der Waals surface area contributed by atoms with Crippen molar-refractivity contribution in [2.24, 2.45) is 11.8 Å². The van der Waals surface area contributed by atoms with E-state index < -0.39 is 12.1 Å². The number of hydrogen-bond donors (Lipinski definition) is 1. The first kappa shape index (κ1) is 21.9. The van der Waals surface area contributed by atoms with E-state index >= 15 is 0 Å². The van der Waals surface area contributed by atoms with Crippen molar-refractivity contribution in [3.63, 3.8) is 0 Å². The lowest BCUT2D eigenvalue weighted by atomic mass is 9.76. The Kier molecular flexibility index (Phi) is 5.71. The average Bonchev–Trinajstić information content (AvgIpc) is 3.23. The highest BCUT2D eigenvalue weighted by atomic mass is 16.7. The molecule has 32 heavy (non-hydrogen) atoms. The first-order valence-electron chi connectivity index (χ1n) is 10.5. The average molecular weight is 444 g/mol. The van der Waals surface area contributed by atoms with Gasteiger partial charge < -0.3 is 33.5 Å². The molecule has 2 aliphatic rings. The van der Waals surface area contributed by atoms with Gasteiger partial charge in [-0.3, -0.25) is 4.79 Å². The smallest absolute Gasteiger partial charge is 0.303 e. The van der Waals surface area contributed by atoms with Crippen LogP contribution < -0.4 is 23.7 Å². The summed E-state index contributed by atoms with van der Waals surface area (Å²) < 4.78 is 33.9. The van der Waals surface area contributed by atoms with Crippen molar-refractivity contribution in [3.05, 3.63) is 23.3 Å². The van der Waals surface area contributed by atoms with Gasteiger partial charge in [0.1, 0.15) is 6.10 Å². The summed E-state index contributed by atoms with van der Waals surface area (Å²) in [5, 5.41) is 11.4. The number of aromatic hydroxyl groups is 1. The number of phenols is 1. The molecule has 0 radical (unpaired) electrons. The largest absolute Gasteiger partial charge is 0.504 e. The van der Waals surface area contributed by atoms with Crippen molar-refractivity contribution in [1.29, 1.82) is 0 Å². The van der Waals surface area contributed by atoms with Crippen molar-refractivity contribution in [2.45, 2.75) is 33.3 Å². The number of benzene rings is 2. The minimum Gasteiger partial charge on any atom is -0.504 e. The molecule has 0 fully saturated rings. The summed E-state index contributed by atoms with van der Waals surface area (Å²) in [5.74, 6) is 1.58. The molecule has 0 saturated carbocycles. The fourth-order valence-electron chi connectivity index (χ4n) is 4.64. The van der Waals surface area contributed by atoms with Crippen LogP contribution in [0, 0.1) is 11.8 Å². The predicted octanol–water partition coefficient (Wildman–Crippen LogP) is 4.25. The van der Waals surface area contributed by atoms with E-state index in [0.717, 1.165) is 5.56 Å². The SMILES string of the molecule is COc1cc2c(c(O)c1OC)-c1c(cc3c(c1OC)OCO3)[C@H](OC(C)=O)[C@H](C)[C@H](C)C2. The molecule has 0 unspecified atom stereocenters. The van der Waals surface area contributed by atoms with E-state index in [1.54, 1.807) is 0 Å². The fraction of sp³-hybridized carbons (Fsp3) is 0.458. The Bertz CT molecular complexity index is 1060. The Labute approximate surface area is 186 Å². The van der Waals surface area contributed by atoms with E-state index in [0.29, 0.717) is 46.1 Å². The third-order valence-electron chi connectivity index (χ3n) is 6.35. The quantitative estimate of drug-likeness (QED) is 0.700. The Morgan fingerprint density at radius 3 is 2.38 bits per heavy atom. The van der Waals surface area contributed by atoms with E-state index in [2.05, 4.69) is 6.92 Å². The normalized spacial score (nSPS) is 21.0. The second kappa shape index (κ2) is 8.33. The molecule has 3 atom stereocenters. The molecular weight excluding hydrogens is 416 g/mol. The molecule has 1 N–H and O–H groups in total. The minimum atomic E-state index is -0.582. The molecule has 2 aromatic carbocycles. The van der Waals surface area contributed by atoms with Gasteiger partial charge in [-0.15, -0.1) is 0 Å². The molecule has 8 nitrogen and oxygen atoms in total. The lowest BCUT2D eigenvalue weighted by molar-refractivity contribution is -0.150. The number of hydrogen-bond acceptors (Lipinski definition) is 8. The predicted molar refractivity (Wildman–Crippen MR) is 116 cm³/mol. The van der Waals surface area contributed by atoms with Crippen LogP contribution in [0.15, 0.2) is 12.1 Å². The van der Waals surface area contributed by atoms with Crippen LogP contribution in [0.4, 0.5) is 0 Å². The highest BCUT2D eigenvalue weighted by Crippen LogP contribution is 2.58. The van der Waals surface area contributed by atoms with E-state index in [1.807, 2.05) is 19.1 Å². The van der Waals surface area contributed by atoms with Gasteiger partial charge in [0.25, 0.3) is 0 Å². The number of methoxy groups -OCH3 is 3. The topological polar surface area (TPSA) is 92.7 Å². The maximum atomic E-state index is 12.1. The molecule has 0 saturated heterocycles. The minimum absolute atomic E-state index is 0.0360. The van der Waals surface area contributed by atoms with Crippen molar-refractivity contribution in [1.82, 2.24) is 0 Å². The lowest BCUT2D eigenvalue weighted by Crippen LogP contribution is -2.26. The third-order valence-corrected chi connectivity index (χ3v) is 6.35. The van der Waals surface area contributed by atoms with Crippen LogP contribution in [-0.2, 0) is 16.0 Å². The number of carbonyl (C=O) groups excluding carboxylic acids is 1. The van der Waals surface area contributed by atoms with Crippen molar-refractivity contribution in [3.8, 4) is 45.6 Å². The summed E-state index contributed by atoms with van der Waals surface area (Å²) in [6, 6.07) is 3.68. The van der Waals surface area contributed by atoms with Crippen LogP contribution >= 0.6 is 0 Å². The first-order valence-corrected chi connectivity index (χ1v) is 10.5. The molecule has 0 aromatic heterocycles. The lowest BCUT2D eigenvalue weighted by Gasteiger charge is -2.34. The molecule has 1 heterocycles. The van der Waals surface area contributed by atoms with E-state index in [-0.39, 0.29) is 30.1 Å². The van der Waals surface area contributed by atoms with Gasteiger partial charge in [0.15, 0.2) is 23.0 Å². The molecule has 1 aliphatic heterocycles. The second-order valence-corrected chi connectivity index (χ2v) is 8.17. The Hall–Kier alpha value is -3.29. The maximum absolute atomic E-state index is 12.1. The maximum Gasteiger partial charge on any atom is 0.303 e. The number of ether oxygens (including phenoxy) is 6. The molecule has 0 bridgehead atoms. The van der Waals surface area contributed by atoms with Crippen molar-refractivity contribution >= 4 is 5.97 Å². The number of rotatable bonds is 4. The summed E-state index contributed by atoms with van der Waals surface area (Å²) in [6.07, 6.45) is 0.0284. The Balaban J connectivity index is 2.14. The highest BCUT2D eigenvalue weighted by Gasteiger charge is 2.39. The summed E-state index contributed by atoms with van der Waals surface area (Å²) >= 11 is 0. The van der Waals surface area contributed by atoms with Gasteiger partial charge in [0, 0.05) is 29.5 Å². The second-order valence-electron chi connectivity index (χ2n) is 8.17. The van der Waals surface area contributed by atoms with Gasteiger partial charge >= 0.3 is 5.97 Å². The first-order chi connectivity index (χ1) is 15.3. The van der Waals surface area contributed by atoms with Gasteiger partial charge in [-0.2, -0.15) is 0 Å². The van der Waals surface area contributed by atoms with Gasteiger partial charge in [-0.1, -0.05) is 13.8 Å². The van der Waals surface area contributed by atoms with Crippen LogP contribution in [-0.4, -0.2) is 39.2 Å². The zero-order valence-electron chi connectivity index (χ0n) is 19.1. The van der Waals surface area contributed by atoms with Crippen LogP contribution in [0.25, 0.3) is 11.1 Å². The van der Waals surface area contributed by atoms with Gasteiger partial charge in [-0.25, -0.2) is 0 Å². The number of phenolic OH excluding ortho intramolecular Hbond substituents is 1. The highest BCUT2D eigenvalue weighted by molar-refractivity contribution is 5.88. The summed E-state index contributed by atoms with van der Waals surface area (Å²) in [4.78, 5) is 12.1. The zero-order chi connectivity index (χ0) is 23.2. The Morgan fingerprint density at radius 2 is 1.75 bits per heavy atom. The monoisotopic (exact) mass is 444 g/mol. The van der Waals surface area contributed by atoms with E-state index in [4.69, 9.17) is 28.4 Å². The molecule has 0 amide bonds. The molecule has 2 aromatic rings. The number of carbonyl (C=O) groups is 1. The standard InChI is InChI=1S/C24H28O8/c1-11-7-14-8-16(27-4)22(28-5)20(26)18(14)19-15(21(12(11)2)32-13(3)25)9-17-23(24(19)29-6)31-10-30-17/h8-9,11-12,21,26H,7,10H2,1-6H3/t11-,12-,21-/m1/s1. The van der Waals surface area contributed by atoms with Gasteiger partial charge in [-0.05, 0) is 30.0 Å². The van der Waals surface area contributed by atoms with Crippen LogP contribution in [0.5, 0.6) is 34.5 Å². The molecule has 0 spiro atoms. The van der Waals surface area contributed by atoms with E-state index in [1.165, 1.54) is 28.3 Å². The molecule has 172 valence electrons. The van der Waals surface area contributed by atoms with Crippen molar-refractivity contribution in [2.75, 3.05) is 28.1 Å². The summed E-state index contributed by atoms with van der Waals surface area (Å²) in [6.45, 7) is 5.57. The van der Waals surface area contributed by atoms with Crippen LogP contribution in [0.3, 0.4) is 0 Å². The number of fused-ring (bicyclic) bond motifs is 4. The number of esters is 1. The van der Waals surface area contributed by atoms with Gasteiger partial charge in [0.2, 0.25) is 18.3 Å². The summed E-state index contributed by atoms with van der Waals surface area (Å²) in [7, 11) is 4.53. The van der Waals surface area contributed by atoms with Crippen molar-refractivity contribution < 1.29 is 38.3 Å². The molecule has 4 rings (SSSR count). The van der Waals surface area contributed by atoms with Crippen LogP contribution in [0.2, 0.25) is 0 Å². The summed E-state index contributed by atoms with van der Waals surface area (Å²) in [5.41, 5.74) is 2.64. The fourth-order valence-corrected chi connectivity index (χ4v) is 4.64. The van der Waals surface area contributed by atoms with E-state index in [9.17, 15) is 9.90 Å². The molecule has 8 heteroatoms.